The van der Waals surface area contributed by atoms with E-state index in [1.165, 1.54) is 0 Å². The molecular weight excluding hydrogens is 235 g/mol. The van der Waals surface area contributed by atoms with Crippen LogP contribution >= 0.6 is 0 Å². The van der Waals surface area contributed by atoms with Crippen LogP contribution in [0.1, 0.15) is 6.92 Å². The molecule has 3 nitrogen and oxygen atoms in total. The maximum atomic E-state index is 12.5. The molecule has 0 aromatic heterocycles. The largest absolute Gasteiger partial charge is 0.463 e. The molecule has 0 aliphatic carbocycles. The van der Waals surface area contributed by atoms with E-state index in [1.54, 1.807) is 12.2 Å². The molecule has 0 saturated carbocycles. The fourth-order valence-electron chi connectivity index (χ4n) is 1.39. The molecular formula is C8H11F5N2O. The summed E-state index contributed by atoms with van der Waals surface area (Å²) in [7, 11) is 0. The molecule has 2 atom stereocenters. The lowest BCUT2D eigenvalue weighted by molar-refractivity contribution is -0.270. The molecule has 94 valence electrons. The van der Waals surface area contributed by atoms with Gasteiger partial charge in [0, 0.05) is 12.6 Å². The van der Waals surface area contributed by atoms with Gasteiger partial charge >= 0.3 is 18.0 Å². The van der Waals surface area contributed by atoms with Crippen LogP contribution in [0.15, 0.2) is 0 Å². The van der Waals surface area contributed by atoms with Gasteiger partial charge in [0.15, 0.2) is 0 Å². The number of hydrogen-bond acceptors (Lipinski definition) is 2. The third-order valence-corrected chi connectivity index (χ3v) is 2.48. The molecule has 8 heteroatoms. The van der Waals surface area contributed by atoms with Gasteiger partial charge in [0.1, 0.15) is 0 Å². The van der Waals surface area contributed by atoms with E-state index < -0.39 is 24.0 Å². The standard InChI is InChI=1S/C8H11F5N2O/c1-4-2-14-3-5(4)15-6(16)7(9,10)8(11,12)13/h4-5,14H,2-3H2,1H3,(H,15,16). The van der Waals surface area contributed by atoms with Crippen LogP contribution in [0.5, 0.6) is 0 Å². The van der Waals surface area contributed by atoms with Gasteiger partial charge in [-0.2, -0.15) is 22.0 Å². The number of carbonyl (C=O) groups excluding carboxylic acids is 1. The molecule has 0 aromatic carbocycles. The minimum absolute atomic E-state index is 0.173. The number of halogens is 5. The molecule has 0 spiro atoms. The first-order valence-corrected chi connectivity index (χ1v) is 4.62. The van der Waals surface area contributed by atoms with Crippen LogP contribution in [-0.4, -0.2) is 37.1 Å². The second kappa shape index (κ2) is 4.15. The van der Waals surface area contributed by atoms with Gasteiger partial charge in [0.2, 0.25) is 0 Å². The lowest BCUT2D eigenvalue weighted by Gasteiger charge is -2.22. The monoisotopic (exact) mass is 246 g/mol. The predicted octanol–water partition coefficient (Wildman–Crippen LogP) is 0.908. The second-order valence-corrected chi connectivity index (χ2v) is 3.79. The topological polar surface area (TPSA) is 41.1 Å². The maximum absolute atomic E-state index is 12.5. The lowest BCUT2D eigenvalue weighted by atomic mass is 10.1. The van der Waals surface area contributed by atoms with Gasteiger partial charge in [0.05, 0.1) is 0 Å². The van der Waals surface area contributed by atoms with E-state index in [9.17, 15) is 26.7 Å². The number of carbonyl (C=O) groups is 1. The Hall–Kier alpha value is -0.920. The highest BCUT2D eigenvalue weighted by Gasteiger charge is 2.63. The molecule has 16 heavy (non-hydrogen) atoms. The summed E-state index contributed by atoms with van der Waals surface area (Å²) in [5.41, 5.74) is 0. The molecule has 1 rings (SSSR count). The van der Waals surface area contributed by atoms with Crippen molar-refractivity contribution in [3.8, 4) is 0 Å². The fraction of sp³-hybridized carbons (Fsp3) is 0.875. The first kappa shape index (κ1) is 13.1. The van der Waals surface area contributed by atoms with Crippen molar-refractivity contribution in [1.82, 2.24) is 10.6 Å². The summed E-state index contributed by atoms with van der Waals surface area (Å²) in [5, 5.41) is 4.48. The highest BCUT2D eigenvalue weighted by atomic mass is 19.4. The van der Waals surface area contributed by atoms with E-state index >= 15 is 0 Å². The van der Waals surface area contributed by atoms with E-state index in [4.69, 9.17) is 0 Å². The average molecular weight is 246 g/mol. The third kappa shape index (κ3) is 2.42. The molecule has 1 heterocycles. The predicted molar refractivity (Wildman–Crippen MR) is 45.0 cm³/mol. The summed E-state index contributed by atoms with van der Waals surface area (Å²) in [6.07, 6.45) is -5.85. The van der Waals surface area contributed by atoms with Crippen molar-refractivity contribution in [3.63, 3.8) is 0 Å². The Kier molecular flexibility index (Phi) is 3.41. The van der Waals surface area contributed by atoms with E-state index in [1.807, 2.05) is 0 Å². The van der Waals surface area contributed by atoms with Crippen LogP contribution in [0, 0.1) is 5.92 Å². The average Bonchev–Trinajstić information content (AvgIpc) is 2.49. The van der Waals surface area contributed by atoms with Crippen molar-refractivity contribution in [2.45, 2.75) is 25.1 Å². The van der Waals surface area contributed by atoms with E-state index in [2.05, 4.69) is 5.32 Å². The molecule has 0 radical (unpaired) electrons. The Bertz CT molecular complexity index is 278. The van der Waals surface area contributed by atoms with Gasteiger partial charge in [-0.3, -0.25) is 4.79 Å². The van der Waals surface area contributed by atoms with E-state index in [-0.39, 0.29) is 12.5 Å². The second-order valence-electron chi connectivity index (χ2n) is 3.79. The molecule has 0 aromatic rings. The SMILES string of the molecule is CC1CNCC1NC(=O)C(F)(F)C(F)(F)F. The van der Waals surface area contributed by atoms with E-state index in [0.717, 1.165) is 0 Å². The van der Waals surface area contributed by atoms with Gasteiger partial charge in [-0.15, -0.1) is 0 Å². The van der Waals surface area contributed by atoms with Gasteiger partial charge in [-0.25, -0.2) is 0 Å². The van der Waals surface area contributed by atoms with Crippen LogP contribution in [0.3, 0.4) is 0 Å². The van der Waals surface area contributed by atoms with Crippen LogP contribution in [0.2, 0.25) is 0 Å². The van der Waals surface area contributed by atoms with Crippen molar-refractivity contribution in [1.29, 1.82) is 0 Å². The highest BCUT2D eigenvalue weighted by molar-refractivity contribution is 5.84. The van der Waals surface area contributed by atoms with Crippen LogP contribution in [0.25, 0.3) is 0 Å². The first-order chi connectivity index (χ1) is 7.16. The zero-order valence-corrected chi connectivity index (χ0v) is 8.37. The number of hydrogen-bond donors (Lipinski definition) is 2. The number of amides is 1. The molecule has 1 aliphatic rings. The van der Waals surface area contributed by atoms with Crippen molar-refractivity contribution in [2.75, 3.05) is 13.1 Å². The zero-order chi connectivity index (χ0) is 12.6. The highest BCUT2D eigenvalue weighted by Crippen LogP contribution is 2.35. The summed E-state index contributed by atoms with van der Waals surface area (Å²) < 4.78 is 60.6. The molecule has 0 bridgehead atoms. The summed E-state index contributed by atoms with van der Waals surface area (Å²) in [6.45, 7) is 2.32. The smallest absolute Gasteiger partial charge is 0.346 e. The number of alkyl halides is 5. The van der Waals surface area contributed by atoms with Gasteiger partial charge < -0.3 is 10.6 Å². The third-order valence-electron chi connectivity index (χ3n) is 2.48. The summed E-state index contributed by atoms with van der Waals surface area (Å²) in [5.74, 6) is -7.80. The van der Waals surface area contributed by atoms with E-state index in [0.29, 0.717) is 6.54 Å². The Labute approximate surface area is 88.4 Å². The van der Waals surface area contributed by atoms with Crippen molar-refractivity contribution < 1.29 is 26.7 Å². The zero-order valence-electron chi connectivity index (χ0n) is 8.37. The Morgan fingerprint density at radius 3 is 2.19 bits per heavy atom. The maximum Gasteiger partial charge on any atom is 0.463 e. The van der Waals surface area contributed by atoms with Crippen LogP contribution in [0.4, 0.5) is 22.0 Å². The Balaban J connectivity index is 2.65. The van der Waals surface area contributed by atoms with Gasteiger partial charge in [-0.1, -0.05) is 6.92 Å². The number of rotatable bonds is 2. The summed E-state index contributed by atoms with van der Waals surface area (Å²) in [6, 6.07) is -0.694. The minimum Gasteiger partial charge on any atom is -0.346 e. The first-order valence-electron chi connectivity index (χ1n) is 4.62. The lowest BCUT2D eigenvalue weighted by Crippen LogP contribution is -2.54. The molecule has 1 saturated heterocycles. The Morgan fingerprint density at radius 1 is 1.25 bits per heavy atom. The van der Waals surface area contributed by atoms with Gasteiger partial charge in [-0.05, 0) is 12.5 Å². The number of nitrogens with one attached hydrogen (secondary N) is 2. The normalized spacial score (nSPS) is 26.9. The summed E-state index contributed by atoms with van der Waals surface area (Å²) in [4.78, 5) is 10.8. The minimum atomic E-state index is -5.85. The fourth-order valence-corrected chi connectivity index (χ4v) is 1.39. The molecule has 1 amide bonds. The molecule has 1 aliphatic heterocycles. The van der Waals surface area contributed by atoms with Gasteiger partial charge in [0.25, 0.3) is 0 Å². The van der Waals surface area contributed by atoms with Crippen LogP contribution in [-0.2, 0) is 4.79 Å². The van der Waals surface area contributed by atoms with Crippen molar-refractivity contribution in [2.24, 2.45) is 5.92 Å². The van der Waals surface area contributed by atoms with Crippen LogP contribution < -0.4 is 10.6 Å². The van der Waals surface area contributed by atoms with Crippen molar-refractivity contribution >= 4 is 5.91 Å². The molecule has 2 N–H and O–H groups in total. The molecule has 1 fully saturated rings. The molecule has 2 unspecified atom stereocenters. The summed E-state index contributed by atoms with van der Waals surface area (Å²) >= 11 is 0. The van der Waals surface area contributed by atoms with Crippen molar-refractivity contribution in [3.05, 3.63) is 0 Å². The quantitative estimate of drug-likeness (QED) is 0.711. The Morgan fingerprint density at radius 2 is 1.81 bits per heavy atom.